The number of benzene rings is 1. The molecule has 1 atom stereocenters. The molecule has 3 aromatic rings. The Morgan fingerprint density at radius 1 is 1.33 bits per heavy atom. The van der Waals surface area contributed by atoms with Crippen LogP contribution in [0, 0.1) is 0 Å². The minimum absolute atomic E-state index is 0.00659. The maximum absolute atomic E-state index is 12.3. The van der Waals surface area contributed by atoms with Crippen LogP contribution in [0.25, 0.3) is 11.0 Å². The number of nitrogens with zero attached hydrogens (tertiary/aromatic N) is 3. The van der Waals surface area contributed by atoms with E-state index >= 15 is 0 Å². The van der Waals surface area contributed by atoms with Gasteiger partial charge in [0.15, 0.2) is 5.03 Å². The molecule has 7 nitrogen and oxygen atoms in total. The van der Waals surface area contributed by atoms with Gasteiger partial charge in [0.2, 0.25) is 0 Å². The molecule has 0 aliphatic carbocycles. The van der Waals surface area contributed by atoms with E-state index in [-0.39, 0.29) is 17.6 Å². The summed E-state index contributed by atoms with van der Waals surface area (Å²) in [6.45, 7) is 0.186. The zero-order chi connectivity index (χ0) is 17.3. The SMILES string of the molecule is CN(C)[C@@H](CNS(=O)(=O)c1cn(C)cn1)c1cc2ccccc2o1. The number of aromatic nitrogens is 2. The first-order valence-corrected chi connectivity index (χ1v) is 8.97. The second kappa shape index (κ2) is 6.39. The zero-order valence-electron chi connectivity index (χ0n) is 13.8. The number of likely N-dealkylation sites (N-methyl/N-ethyl adjacent to an activating group) is 1. The first-order chi connectivity index (χ1) is 11.4. The fourth-order valence-electron chi connectivity index (χ4n) is 2.49. The molecule has 0 bridgehead atoms. The van der Waals surface area contributed by atoms with Crippen LogP contribution in [-0.4, -0.2) is 43.5 Å². The number of nitrogens with one attached hydrogen (secondary N) is 1. The molecule has 8 heteroatoms. The molecule has 2 heterocycles. The van der Waals surface area contributed by atoms with E-state index in [2.05, 4.69) is 9.71 Å². The Balaban J connectivity index is 1.82. The molecule has 0 saturated carbocycles. The smallest absolute Gasteiger partial charge is 0.259 e. The molecule has 1 aromatic carbocycles. The molecule has 0 amide bonds. The predicted octanol–water partition coefficient (Wildman–Crippen LogP) is 1.75. The number of aryl methyl sites for hydroxylation is 1. The van der Waals surface area contributed by atoms with Crippen LogP contribution in [0.1, 0.15) is 11.8 Å². The van der Waals surface area contributed by atoms with Crippen LogP contribution in [0.2, 0.25) is 0 Å². The number of furan rings is 1. The van der Waals surface area contributed by atoms with Gasteiger partial charge in [-0.3, -0.25) is 4.90 Å². The number of fused-ring (bicyclic) bond motifs is 1. The van der Waals surface area contributed by atoms with E-state index in [0.29, 0.717) is 5.76 Å². The molecule has 0 fully saturated rings. The maximum atomic E-state index is 12.3. The van der Waals surface area contributed by atoms with Crippen molar-refractivity contribution in [3.05, 3.63) is 48.6 Å². The van der Waals surface area contributed by atoms with Crippen LogP contribution < -0.4 is 4.72 Å². The van der Waals surface area contributed by atoms with Gasteiger partial charge in [-0.25, -0.2) is 18.1 Å². The number of hydrogen-bond donors (Lipinski definition) is 1. The molecule has 0 unspecified atom stereocenters. The van der Waals surface area contributed by atoms with Crippen molar-refractivity contribution in [3.63, 3.8) is 0 Å². The lowest BCUT2D eigenvalue weighted by Crippen LogP contribution is -2.34. The highest BCUT2D eigenvalue weighted by Gasteiger charge is 2.23. The molecule has 0 spiro atoms. The van der Waals surface area contributed by atoms with Gasteiger partial charge in [-0.15, -0.1) is 0 Å². The Morgan fingerprint density at radius 3 is 2.71 bits per heavy atom. The number of imidazole rings is 1. The summed E-state index contributed by atoms with van der Waals surface area (Å²) in [5.74, 6) is 0.713. The van der Waals surface area contributed by atoms with Gasteiger partial charge in [-0.05, 0) is 26.2 Å². The highest BCUT2D eigenvalue weighted by atomic mass is 32.2. The fraction of sp³-hybridized carbons (Fsp3) is 0.312. The van der Waals surface area contributed by atoms with Crippen molar-refractivity contribution in [3.8, 4) is 0 Å². The molecule has 0 saturated heterocycles. The molecule has 24 heavy (non-hydrogen) atoms. The lowest BCUT2D eigenvalue weighted by Gasteiger charge is -2.22. The van der Waals surface area contributed by atoms with E-state index in [1.165, 1.54) is 12.5 Å². The van der Waals surface area contributed by atoms with E-state index in [1.807, 2.05) is 49.3 Å². The summed E-state index contributed by atoms with van der Waals surface area (Å²) >= 11 is 0. The second-order valence-corrected chi connectivity index (χ2v) is 7.61. The number of hydrogen-bond acceptors (Lipinski definition) is 5. The van der Waals surface area contributed by atoms with Crippen molar-refractivity contribution in [2.45, 2.75) is 11.1 Å². The van der Waals surface area contributed by atoms with Crippen LogP contribution in [-0.2, 0) is 17.1 Å². The first kappa shape index (κ1) is 16.7. The summed E-state index contributed by atoms with van der Waals surface area (Å²) in [5, 5.41) is 0.999. The summed E-state index contributed by atoms with van der Waals surface area (Å²) in [6, 6.07) is 9.42. The first-order valence-electron chi connectivity index (χ1n) is 7.49. The third kappa shape index (κ3) is 3.35. The van der Waals surface area contributed by atoms with Gasteiger partial charge < -0.3 is 8.98 Å². The van der Waals surface area contributed by atoms with E-state index in [1.54, 1.807) is 11.6 Å². The van der Waals surface area contributed by atoms with Crippen molar-refractivity contribution in [1.82, 2.24) is 19.2 Å². The Kier molecular flexibility index (Phi) is 4.44. The van der Waals surface area contributed by atoms with E-state index < -0.39 is 10.0 Å². The topological polar surface area (TPSA) is 80.4 Å². The van der Waals surface area contributed by atoms with Crippen LogP contribution in [0.5, 0.6) is 0 Å². The third-order valence-electron chi connectivity index (χ3n) is 3.82. The third-order valence-corrected chi connectivity index (χ3v) is 5.13. The minimum atomic E-state index is -3.66. The predicted molar refractivity (Wildman–Crippen MR) is 91.0 cm³/mol. The van der Waals surface area contributed by atoms with Crippen molar-refractivity contribution in [2.24, 2.45) is 7.05 Å². The lowest BCUT2D eigenvalue weighted by molar-refractivity contribution is 0.263. The molecule has 0 radical (unpaired) electrons. The van der Waals surface area contributed by atoms with Crippen molar-refractivity contribution in [2.75, 3.05) is 20.6 Å². The van der Waals surface area contributed by atoms with Gasteiger partial charge >= 0.3 is 0 Å². The molecular weight excluding hydrogens is 328 g/mol. The van der Waals surface area contributed by atoms with Crippen LogP contribution >= 0.6 is 0 Å². The zero-order valence-corrected chi connectivity index (χ0v) is 14.6. The molecular formula is C16H20N4O3S. The Labute approximate surface area is 140 Å². The molecule has 0 aliphatic rings. The largest absolute Gasteiger partial charge is 0.459 e. The van der Waals surface area contributed by atoms with Gasteiger partial charge in [-0.2, -0.15) is 0 Å². The van der Waals surface area contributed by atoms with E-state index in [0.717, 1.165) is 11.0 Å². The van der Waals surface area contributed by atoms with Crippen LogP contribution in [0.4, 0.5) is 0 Å². The summed E-state index contributed by atoms with van der Waals surface area (Å²) < 4.78 is 34.8. The van der Waals surface area contributed by atoms with E-state index in [9.17, 15) is 8.42 Å². The second-order valence-electron chi connectivity index (χ2n) is 5.90. The highest BCUT2D eigenvalue weighted by Crippen LogP contribution is 2.26. The van der Waals surface area contributed by atoms with Crippen LogP contribution in [0.15, 0.2) is 52.3 Å². The normalized spacial score (nSPS) is 13.7. The molecule has 0 aliphatic heterocycles. The maximum Gasteiger partial charge on any atom is 0.259 e. The van der Waals surface area contributed by atoms with Crippen molar-refractivity contribution >= 4 is 21.0 Å². The Hall–Kier alpha value is -2.16. The monoisotopic (exact) mass is 348 g/mol. The van der Waals surface area contributed by atoms with Gasteiger partial charge in [0, 0.05) is 25.2 Å². The van der Waals surface area contributed by atoms with Gasteiger partial charge in [0.25, 0.3) is 10.0 Å². The average molecular weight is 348 g/mol. The van der Waals surface area contributed by atoms with Gasteiger partial charge in [-0.1, -0.05) is 18.2 Å². The Morgan fingerprint density at radius 2 is 2.08 bits per heavy atom. The Bertz CT molecular complexity index is 910. The number of rotatable bonds is 6. The van der Waals surface area contributed by atoms with E-state index in [4.69, 9.17) is 4.42 Å². The van der Waals surface area contributed by atoms with Gasteiger partial charge in [0.05, 0.1) is 12.4 Å². The molecule has 1 N–H and O–H groups in total. The average Bonchev–Trinajstić information content (AvgIpc) is 3.13. The lowest BCUT2D eigenvalue weighted by atomic mass is 10.2. The molecule has 2 aromatic heterocycles. The quantitative estimate of drug-likeness (QED) is 0.734. The van der Waals surface area contributed by atoms with Crippen molar-refractivity contribution < 1.29 is 12.8 Å². The molecule has 128 valence electrons. The highest BCUT2D eigenvalue weighted by molar-refractivity contribution is 7.89. The fourth-order valence-corrected chi connectivity index (χ4v) is 3.51. The summed E-state index contributed by atoms with van der Waals surface area (Å²) in [4.78, 5) is 5.81. The summed E-state index contributed by atoms with van der Waals surface area (Å²) in [7, 11) is 1.83. The minimum Gasteiger partial charge on any atom is -0.459 e. The van der Waals surface area contributed by atoms with Gasteiger partial charge in [0.1, 0.15) is 11.3 Å². The number of sulfonamides is 1. The van der Waals surface area contributed by atoms with Crippen LogP contribution in [0.3, 0.4) is 0 Å². The standard InChI is InChI=1S/C16H20N4O3S/c1-19(2)13(15-8-12-6-4-5-7-14(12)23-15)9-18-24(21,22)16-10-20(3)11-17-16/h4-8,10-11,13,18H,9H2,1-3H3/t13-/m0/s1. The van der Waals surface area contributed by atoms with Crippen molar-refractivity contribution in [1.29, 1.82) is 0 Å². The molecule has 3 rings (SSSR count). The summed E-state index contributed by atoms with van der Waals surface area (Å²) in [6.07, 6.45) is 2.92. The summed E-state index contributed by atoms with van der Waals surface area (Å²) in [5.41, 5.74) is 0.784. The number of para-hydroxylation sites is 1.